The first-order valence-corrected chi connectivity index (χ1v) is 5.34. The number of hydrogen-bond donors (Lipinski definition) is 1. The summed E-state index contributed by atoms with van der Waals surface area (Å²) in [5.41, 5.74) is 0.741. The molecule has 2 rings (SSSR count). The van der Waals surface area contributed by atoms with Crippen molar-refractivity contribution in [2.24, 2.45) is 0 Å². The molecule has 0 fully saturated rings. The van der Waals surface area contributed by atoms with Gasteiger partial charge in [-0.25, -0.2) is 5.10 Å². The fraction of sp³-hybridized carbons (Fsp3) is 0.200. The number of aromatic nitrogens is 2. The summed E-state index contributed by atoms with van der Waals surface area (Å²) >= 11 is 1.03. The summed E-state index contributed by atoms with van der Waals surface area (Å²) in [6, 6.07) is 5.44. The summed E-state index contributed by atoms with van der Waals surface area (Å²) in [6.45, 7) is 0. The van der Waals surface area contributed by atoms with Crippen LogP contribution in [0.3, 0.4) is 0 Å². The van der Waals surface area contributed by atoms with E-state index < -0.39 is 0 Å². The topological polar surface area (TPSA) is 64.2 Å². The molecule has 0 unspecified atom stereocenters. The van der Waals surface area contributed by atoms with Gasteiger partial charge in [-0.05, 0) is 12.1 Å². The summed E-state index contributed by atoms with van der Waals surface area (Å²) in [7, 11) is 3.12. The van der Waals surface area contributed by atoms with Crippen molar-refractivity contribution in [3.8, 4) is 22.1 Å². The van der Waals surface area contributed by atoms with Crippen LogP contribution in [0.4, 0.5) is 0 Å². The van der Waals surface area contributed by atoms with Gasteiger partial charge in [0.05, 0.1) is 19.8 Å². The SMILES string of the molecule is COc1cccc(-c2n[nH]c(=O)s2)c1OC. The second-order valence-corrected chi connectivity index (χ2v) is 3.92. The van der Waals surface area contributed by atoms with Crippen LogP contribution in [0.5, 0.6) is 11.5 Å². The van der Waals surface area contributed by atoms with Crippen LogP contribution < -0.4 is 14.3 Å². The molecule has 0 aliphatic rings. The lowest BCUT2D eigenvalue weighted by Crippen LogP contribution is -1.92. The molecule has 0 spiro atoms. The van der Waals surface area contributed by atoms with Gasteiger partial charge in [-0.1, -0.05) is 17.4 Å². The summed E-state index contributed by atoms with van der Waals surface area (Å²) in [5, 5.41) is 6.87. The number of para-hydroxylation sites is 1. The van der Waals surface area contributed by atoms with Crippen molar-refractivity contribution >= 4 is 11.3 Å². The number of ether oxygens (including phenoxy) is 2. The average molecular weight is 238 g/mol. The van der Waals surface area contributed by atoms with Gasteiger partial charge < -0.3 is 9.47 Å². The minimum Gasteiger partial charge on any atom is -0.493 e. The van der Waals surface area contributed by atoms with E-state index in [0.717, 1.165) is 16.9 Å². The molecule has 1 heterocycles. The van der Waals surface area contributed by atoms with Crippen molar-refractivity contribution in [2.45, 2.75) is 0 Å². The second-order valence-electron chi connectivity index (χ2n) is 2.96. The number of hydrogen-bond acceptors (Lipinski definition) is 5. The molecular weight excluding hydrogens is 228 g/mol. The molecule has 0 atom stereocenters. The lowest BCUT2D eigenvalue weighted by molar-refractivity contribution is 0.356. The lowest BCUT2D eigenvalue weighted by atomic mass is 10.2. The predicted octanol–water partition coefficient (Wildman–Crippen LogP) is 1.52. The molecule has 0 radical (unpaired) electrons. The maximum Gasteiger partial charge on any atom is 0.322 e. The van der Waals surface area contributed by atoms with Gasteiger partial charge >= 0.3 is 4.87 Å². The van der Waals surface area contributed by atoms with Gasteiger partial charge in [0.25, 0.3) is 0 Å². The maximum absolute atomic E-state index is 11.0. The first-order valence-electron chi connectivity index (χ1n) is 4.53. The third kappa shape index (κ3) is 1.79. The smallest absolute Gasteiger partial charge is 0.322 e. The molecule has 0 saturated heterocycles. The quantitative estimate of drug-likeness (QED) is 0.880. The molecule has 1 N–H and O–H groups in total. The minimum atomic E-state index is -0.195. The van der Waals surface area contributed by atoms with Gasteiger partial charge in [-0.2, -0.15) is 5.10 Å². The number of rotatable bonds is 3. The van der Waals surface area contributed by atoms with E-state index in [4.69, 9.17) is 9.47 Å². The zero-order chi connectivity index (χ0) is 11.5. The van der Waals surface area contributed by atoms with E-state index in [1.165, 1.54) is 0 Å². The zero-order valence-electron chi connectivity index (χ0n) is 8.81. The highest BCUT2D eigenvalue weighted by Crippen LogP contribution is 2.37. The Bertz CT molecular complexity index is 547. The Balaban J connectivity index is 2.60. The summed E-state index contributed by atoms with van der Waals surface area (Å²) in [6.07, 6.45) is 0. The maximum atomic E-state index is 11.0. The van der Waals surface area contributed by atoms with Crippen molar-refractivity contribution in [1.29, 1.82) is 0 Å². The second kappa shape index (κ2) is 4.36. The standard InChI is InChI=1S/C10H10N2O3S/c1-14-7-5-3-4-6(8(7)15-2)9-11-12-10(13)16-9/h3-5H,1-2H3,(H,12,13). The first-order chi connectivity index (χ1) is 7.76. The predicted molar refractivity (Wildman–Crippen MR) is 61.3 cm³/mol. The molecule has 5 nitrogen and oxygen atoms in total. The Labute approximate surface area is 95.7 Å². The van der Waals surface area contributed by atoms with Crippen LogP contribution in [-0.4, -0.2) is 24.4 Å². The lowest BCUT2D eigenvalue weighted by Gasteiger charge is -2.09. The molecule has 1 aromatic carbocycles. The normalized spacial score (nSPS) is 10.1. The van der Waals surface area contributed by atoms with Crippen LogP contribution in [0.25, 0.3) is 10.6 Å². The van der Waals surface area contributed by atoms with Gasteiger partial charge in [-0.15, -0.1) is 0 Å². The van der Waals surface area contributed by atoms with Crippen molar-refractivity contribution in [2.75, 3.05) is 14.2 Å². The number of benzene rings is 1. The van der Waals surface area contributed by atoms with Crippen molar-refractivity contribution in [3.05, 3.63) is 27.9 Å². The highest BCUT2D eigenvalue weighted by atomic mass is 32.1. The highest BCUT2D eigenvalue weighted by molar-refractivity contribution is 7.12. The van der Waals surface area contributed by atoms with Crippen LogP contribution in [0.15, 0.2) is 23.0 Å². The third-order valence-corrected chi connectivity index (χ3v) is 2.85. The van der Waals surface area contributed by atoms with Crippen LogP contribution in [-0.2, 0) is 0 Å². The number of nitrogens with zero attached hydrogens (tertiary/aromatic N) is 1. The van der Waals surface area contributed by atoms with E-state index in [2.05, 4.69) is 10.2 Å². The highest BCUT2D eigenvalue weighted by Gasteiger charge is 2.14. The van der Waals surface area contributed by atoms with E-state index >= 15 is 0 Å². The molecule has 1 aromatic heterocycles. The van der Waals surface area contributed by atoms with Gasteiger partial charge in [0.2, 0.25) is 0 Å². The van der Waals surface area contributed by atoms with Gasteiger partial charge in [-0.3, -0.25) is 4.79 Å². The number of aromatic amines is 1. The Kier molecular flexibility index (Phi) is 2.91. The fourth-order valence-electron chi connectivity index (χ4n) is 1.40. The Morgan fingerprint density at radius 3 is 2.69 bits per heavy atom. The van der Waals surface area contributed by atoms with E-state index in [1.807, 2.05) is 12.1 Å². The Hall–Kier alpha value is -1.82. The fourth-order valence-corrected chi connectivity index (χ4v) is 2.03. The largest absolute Gasteiger partial charge is 0.493 e. The molecule has 0 aliphatic carbocycles. The van der Waals surface area contributed by atoms with E-state index in [1.54, 1.807) is 20.3 Å². The van der Waals surface area contributed by atoms with E-state index in [9.17, 15) is 4.79 Å². The summed E-state index contributed by atoms with van der Waals surface area (Å²) in [5.74, 6) is 1.19. The minimum absolute atomic E-state index is 0.195. The van der Waals surface area contributed by atoms with Crippen LogP contribution >= 0.6 is 11.3 Å². The van der Waals surface area contributed by atoms with Crippen LogP contribution in [0, 0.1) is 0 Å². The van der Waals surface area contributed by atoms with E-state index in [-0.39, 0.29) is 4.87 Å². The molecule has 0 aliphatic heterocycles. The Morgan fingerprint density at radius 2 is 2.12 bits per heavy atom. The van der Waals surface area contributed by atoms with E-state index in [0.29, 0.717) is 16.5 Å². The van der Waals surface area contributed by atoms with Gasteiger partial charge in [0, 0.05) is 0 Å². The van der Waals surface area contributed by atoms with Crippen molar-refractivity contribution in [3.63, 3.8) is 0 Å². The first kappa shape index (κ1) is 10.7. The number of methoxy groups -OCH3 is 2. The van der Waals surface area contributed by atoms with Crippen LogP contribution in [0.1, 0.15) is 0 Å². The molecule has 2 aromatic rings. The monoisotopic (exact) mass is 238 g/mol. The molecule has 16 heavy (non-hydrogen) atoms. The number of H-pyrrole nitrogens is 1. The summed E-state index contributed by atoms with van der Waals surface area (Å²) in [4.78, 5) is 10.9. The molecule has 0 amide bonds. The molecular formula is C10H10N2O3S. The third-order valence-electron chi connectivity index (χ3n) is 2.07. The zero-order valence-corrected chi connectivity index (χ0v) is 9.63. The molecule has 6 heteroatoms. The van der Waals surface area contributed by atoms with Gasteiger partial charge in [0.15, 0.2) is 16.5 Å². The average Bonchev–Trinajstić information content (AvgIpc) is 2.74. The van der Waals surface area contributed by atoms with Gasteiger partial charge in [0.1, 0.15) is 0 Å². The Morgan fingerprint density at radius 1 is 1.31 bits per heavy atom. The molecule has 84 valence electrons. The molecule has 0 bridgehead atoms. The van der Waals surface area contributed by atoms with Crippen molar-refractivity contribution in [1.82, 2.24) is 10.2 Å². The molecule has 0 saturated carbocycles. The number of nitrogens with one attached hydrogen (secondary N) is 1. The summed E-state index contributed by atoms with van der Waals surface area (Å²) < 4.78 is 10.4. The van der Waals surface area contributed by atoms with Crippen LogP contribution in [0.2, 0.25) is 0 Å². The van der Waals surface area contributed by atoms with Crippen molar-refractivity contribution < 1.29 is 9.47 Å².